The van der Waals surface area contributed by atoms with E-state index in [0.29, 0.717) is 12.0 Å². The molecule has 102 valence electrons. The summed E-state index contributed by atoms with van der Waals surface area (Å²) in [7, 11) is 1.64. The highest BCUT2D eigenvalue weighted by Gasteiger charge is 2.64. The maximum Gasteiger partial charge on any atom is 0.232 e. The van der Waals surface area contributed by atoms with Crippen molar-refractivity contribution in [3.05, 3.63) is 0 Å². The van der Waals surface area contributed by atoms with Gasteiger partial charge in [0.2, 0.25) is 5.91 Å². The summed E-state index contributed by atoms with van der Waals surface area (Å²) in [5, 5.41) is 13.6. The van der Waals surface area contributed by atoms with Crippen LogP contribution in [0.1, 0.15) is 27.2 Å². The monoisotopic (exact) mass is 254 g/mol. The van der Waals surface area contributed by atoms with Gasteiger partial charge >= 0.3 is 0 Å². The Hall–Kier alpha value is -0.650. The zero-order chi connectivity index (χ0) is 13.2. The second kappa shape index (κ2) is 3.68. The van der Waals surface area contributed by atoms with Gasteiger partial charge in [-0.05, 0) is 26.2 Å². The molecule has 7 unspecified atom stereocenters. The number of carbonyl (C=O) groups excluding carboxylic acids is 1. The molecule has 0 aliphatic carbocycles. The molecule has 3 rings (SSSR count). The smallest absolute Gasteiger partial charge is 0.232 e. The molecule has 5 nitrogen and oxygen atoms in total. The van der Waals surface area contributed by atoms with Crippen molar-refractivity contribution >= 4 is 5.91 Å². The van der Waals surface area contributed by atoms with Crippen LogP contribution in [0, 0.1) is 11.8 Å². The van der Waals surface area contributed by atoms with E-state index in [4.69, 9.17) is 4.74 Å². The van der Waals surface area contributed by atoms with Gasteiger partial charge in [-0.15, -0.1) is 0 Å². The van der Waals surface area contributed by atoms with Crippen LogP contribution >= 0.6 is 0 Å². The molecule has 3 aliphatic rings. The molecule has 7 atom stereocenters. The van der Waals surface area contributed by atoms with Gasteiger partial charge in [0.25, 0.3) is 0 Å². The molecule has 0 spiro atoms. The van der Waals surface area contributed by atoms with Crippen LogP contribution in [0.2, 0.25) is 0 Å². The van der Waals surface area contributed by atoms with Gasteiger partial charge in [-0.2, -0.15) is 0 Å². The van der Waals surface area contributed by atoms with Crippen molar-refractivity contribution < 1.29 is 14.6 Å². The Bertz CT molecular complexity index is 388. The van der Waals surface area contributed by atoms with Crippen molar-refractivity contribution in [3.63, 3.8) is 0 Å². The largest absolute Gasteiger partial charge is 0.371 e. The lowest BCUT2D eigenvalue weighted by molar-refractivity contribution is -0.145. The molecule has 3 fully saturated rings. The van der Waals surface area contributed by atoms with Crippen LogP contribution in [0.4, 0.5) is 0 Å². The summed E-state index contributed by atoms with van der Waals surface area (Å²) in [6, 6.07) is 0.391. The third kappa shape index (κ3) is 1.41. The first-order valence-electron chi connectivity index (χ1n) is 6.74. The van der Waals surface area contributed by atoms with Crippen LogP contribution in [0.3, 0.4) is 0 Å². The van der Waals surface area contributed by atoms with Crippen molar-refractivity contribution in [1.29, 1.82) is 0 Å². The van der Waals surface area contributed by atoms with Crippen LogP contribution in [-0.2, 0) is 9.53 Å². The highest BCUT2D eigenvalue weighted by Crippen LogP contribution is 2.47. The predicted octanol–water partition coefficient (Wildman–Crippen LogP) is -0.0630. The Morgan fingerprint density at radius 3 is 2.83 bits per heavy atom. The van der Waals surface area contributed by atoms with E-state index in [1.54, 1.807) is 7.05 Å². The molecule has 3 saturated heterocycles. The first-order chi connectivity index (χ1) is 8.35. The molecule has 1 amide bonds. The minimum atomic E-state index is -0.808. The number of nitrogens with one attached hydrogen (secondary N) is 1. The fraction of sp³-hybridized carbons (Fsp3) is 0.923. The molecule has 5 heteroatoms. The number of hydrogen-bond acceptors (Lipinski definition) is 4. The van der Waals surface area contributed by atoms with Crippen molar-refractivity contribution in [2.24, 2.45) is 11.8 Å². The Balaban J connectivity index is 1.93. The maximum absolute atomic E-state index is 12.2. The van der Waals surface area contributed by atoms with Crippen LogP contribution in [0.15, 0.2) is 0 Å². The second-order valence-electron chi connectivity index (χ2n) is 6.40. The number of rotatable bonds is 0. The van der Waals surface area contributed by atoms with Gasteiger partial charge in [-0.3, -0.25) is 4.79 Å². The number of piperidine rings is 1. The van der Waals surface area contributed by atoms with Gasteiger partial charge in [0.1, 0.15) is 6.10 Å². The molecule has 3 heterocycles. The molecular weight excluding hydrogens is 232 g/mol. The Kier molecular flexibility index (Phi) is 2.53. The quantitative estimate of drug-likeness (QED) is 0.635. The Morgan fingerprint density at radius 2 is 2.17 bits per heavy atom. The highest BCUT2D eigenvalue weighted by molar-refractivity contribution is 5.83. The van der Waals surface area contributed by atoms with Gasteiger partial charge in [0, 0.05) is 13.1 Å². The first-order valence-corrected chi connectivity index (χ1v) is 6.74. The normalized spacial score (nSPS) is 55.6. The minimum Gasteiger partial charge on any atom is -0.371 e. The zero-order valence-electron chi connectivity index (χ0n) is 11.4. The van der Waals surface area contributed by atoms with Crippen LogP contribution in [-0.4, -0.2) is 53.0 Å². The van der Waals surface area contributed by atoms with Crippen molar-refractivity contribution in [3.8, 4) is 0 Å². The summed E-state index contributed by atoms with van der Waals surface area (Å²) < 4.78 is 6.07. The lowest BCUT2D eigenvalue weighted by Gasteiger charge is -2.44. The number of hydrogen-bond donors (Lipinski definition) is 2. The Morgan fingerprint density at radius 1 is 1.50 bits per heavy atom. The van der Waals surface area contributed by atoms with Crippen molar-refractivity contribution in [2.75, 3.05) is 7.05 Å². The zero-order valence-corrected chi connectivity index (χ0v) is 11.4. The van der Waals surface area contributed by atoms with E-state index in [1.165, 1.54) is 4.90 Å². The topological polar surface area (TPSA) is 61.8 Å². The maximum atomic E-state index is 12.2. The predicted molar refractivity (Wildman–Crippen MR) is 65.7 cm³/mol. The lowest BCUT2D eigenvalue weighted by atomic mass is 9.76. The molecule has 0 radical (unpaired) electrons. The first kappa shape index (κ1) is 12.4. The fourth-order valence-corrected chi connectivity index (χ4v) is 3.86. The molecule has 2 N–H and O–H groups in total. The van der Waals surface area contributed by atoms with Gasteiger partial charge in [-0.25, -0.2) is 0 Å². The van der Waals surface area contributed by atoms with Crippen LogP contribution in [0.25, 0.3) is 0 Å². The number of likely N-dealkylation sites (N-methyl/N-ethyl adjacent to an activating group) is 1. The number of likely N-dealkylation sites (tertiary alicyclic amines) is 1. The van der Waals surface area contributed by atoms with Crippen LogP contribution < -0.4 is 5.32 Å². The van der Waals surface area contributed by atoms with E-state index in [2.05, 4.69) is 26.1 Å². The van der Waals surface area contributed by atoms with E-state index >= 15 is 0 Å². The van der Waals surface area contributed by atoms with Gasteiger partial charge in [0.05, 0.1) is 17.6 Å². The Labute approximate surface area is 107 Å². The average molecular weight is 254 g/mol. The third-order valence-electron chi connectivity index (χ3n) is 5.12. The summed E-state index contributed by atoms with van der Waals surface area (Å²) >= 11 is 0. The van der Waals surface area contributed by atoms with E-state index in [0.717, 1.165) is 6.42 Å². The number of nitrogens with zero attached hydrogens (tertiary/aromatic N) is 1. The summed E-state index contributed by atoms with van der Waals surface area (Å²) in [4.78, 5) is 13.6. The van der Waals surface area contributed by atoms with E-state index < -0.39 is 6.23 Å². The number of amides is 1. The molecule has 0 bridgehead atoms. The van der Waals surface area contributed by atoms with E-state index in [1.807, 2.05) is 0 Å². The molecule has 0 aromatic heterocycles. The van der Waals surface area contributed by atoms with Gasteiger partial charge in [0.15, 0.2) is 6.23 Å². The molecule has 0 saturated carbocycles. The number of fused-ring (bicyclic) bond motifs is 3. The van der Waals surface area contributed by atoms with Crippen molar-refractivity contribution in [1.82, 2.24) is 10.2 Å². The van der Waals surface area contributed by atoms with Crippen LogP contribution in [0.5, 0.6) is 0 Å². The molecule has 0 aromatic rings. The minimum absolute atomic E-state index is 0.00419. The summed E-state index contributed by atoms with van der Waals surface area (Å²) in [5.74, 6) is 0.260. The molecule has 18 heavy (non-hydrogen) atoms. The summed E-state index contributed by atoms with van der Waals surface area (Å²) in [6.07, 6.45) is -0.262. The number of ether oxygens (including phenoxy) is 1. The highest BCUT2D eigenvalue weighted by atomic mass is 16.5. The SMILES string of the molecule is CC1CC2(C)OC3C(C(=O)N(C)C3O)C2NC1C. The van der Waals surface area contributed by atoms with E-state index in [9.17, 15) is 9.90 Å². The molecule has 3 aliphatic heterocycles. The van der Waals surface area contributed by atoms with Gasteiger partial charge < -0.3 is 20.1 Å². The van der Waals surface area contributed by atoms with Crippen molar-refractivity contribution in [2.45, 2.75) is 57.2 Å². The van der Waals surface area contributed by atoms with Gasteiger partial charge in [-0.1, -0.05) is 6.92 Å². The molecule has 0 aromatic carbocycles. The fourth-order valence-electron chi connectivity index (χ4n) is 3.86. The number of aliphatic hydroxyl groups is 1. The third-order valence-corrected chi connectivity index (χ3v) is 5.12. The number of carbonyl (C=O) groups is 1. The summed E-state index contributed by atoms with van der Waals surface area (Å²) in [5.41, 5.74) is -0.334. The lowest BCUT2D eigenvalue weighted by Crippen LogP contribution is -2.60. The second-order valence-corrected chi connectivity index (χ2v) is 6.40. The van der Waals surface area contributed by atoms with E-state index in [-0.39, 0.29) is 29.6 Å². The number of aliphatic hydroxyl groups excluding tert-OH is 1. The standard InChI is InChI=1S/C13H22N2O3/c1-6-5-13(3)10(14-7(6)2)8-9(18-13)12(17)15(4)11(8)16/h6-10,12,14,17H,5H2,1-4H3. The summed E-state index contributed by atoms with van der Waals surface area (Å²) in [6.45, 7) is 6.41. The average Bonchev–Trinajstić information content (AvgIpc) is 2.69. The molecular formula is C13H22N2O3.